The number of amides is 1. The van der Waals surface area contributed by atoms with Gasteiger partial charge in [-0.3, -0.25) is 4.79 Å². The van der Waals surface area contributed by atoms with Gasteiger partial charge < -0.3 is 4.90 Å². The molecule has 1 saturated heterocycles. The van der Waals surface area contributed by atoms with Crippen LogP contribution in [0.4, 0.5) is 4.39 Å². The average molecular weight is 294 g/mol. The van der Waals surface area contributed by atoms with E-state index in [1.54, 1.807) is 4.90 Å². The molecule has 0 radical (unpaired) electrons. The van der Waals surface area contributed by atoms with Gasteiger partial charge in [-0.25, -0.2) is 4.39 Å². The number of hydrogen-bond acceptors (Lipinski definition) is 1. The minimum absolute atomic E-state index is 0.0841. The van der Waals surface area contributed by atoms with Crippen LogP contribution in [0.15, 0.2) is 29.8 Å². The molecule has 1 fully saturated rings. The molecule has 20 heavy (non-hydrogen) atoms. The minimum Gasteiger partial charge on any atom is -0.338 e. The zero-order chi connectivity index (χ0) is 14.3. The lowest BCUT2D eigenvalue weighted by Crippen LogP contribution is -2.29. The lowest BCUT2D eigenvalue weighted by molar-refractivity contribution is 0.0779. The van der Waals surface area contributed by atoms with Crippen molar-refractivity contribution in [2.24, 2.45) is 11.8 Å². The Bertz CT molecular complexity index is 584. The third-order valence-corrected chi connectivity index (χ3v) is 4.61. The SMILES string of the molecule is CC1=CC[C@@H]2CN(C(=O)c3cc(Cl)ccc3F)C[C@@H]2C1. The van der Waals surface area contributed by atoms with Crippen LogP contribution in [-0.4, -0.2) is 23.9 Å². The summed E-state index contributed by atoms with van der Waals surface area (Å²) in [5.41, 5.74) is 1.48. The molecular formula is C16H17ClFNO. The number of nitrogens with zero attached hydrogens (tertiary/aromatic N) is 1. The van der Waals surface area contributed by atoms with Crippen molar-refractivity contribution < 1.29 is 9.18 Å². The van der Waals surface area contributed by atoms with Crippen LogP contribution in [0.25, 0.3) is 0 Å². The van der Waals surface area contributed by atoms with E-state index in [4.69, 9.17) is 11.6 Å². The van der Waals surface area contributed by atoms with Crippen LogP contribution in [0.3, 0.4) is 0 Å². The number of fused-ring (bicyclic) bond motifs is 1. The molecule has 0 spiro atoms. The molecule has 1 aliphatic carbocycles. The molecule has 2 atom stereocenters. The zero-order valence-electron chi connectivity index (χ0n) is 11.4. The summed E-state index contributed by atoms with van der Waals surface area (Å²) in [6.07, 6.45) is 4.33. The molecule has 106 valence electrons. The highest BCUT2D eigenvalue weighted by atomic mass is 35.5. The molecular weight excluding hydrogens is 277 g/mol. The molecule has 0 aromatic heterocycles. The van der Waals surface area contributed by atoms with E-state index >= 15 is 0 Å². The molecule has 3 rings (SSSR count). The van der Waals surface area contributed by atoms with Crippen molar-refractivity contribution in [2.45, 2.75) is 19.8 Å². The first-order valence-corrected chi connectivity index (χ1v) is 7.32. The number of carbonyl (C=O) groups is 1. The van der Waals surface area contributed by atoms with Gasteiger partial charge in [0.2, 0.25) is 0 Å². The fourth-order valence-corrected chi connectivity index (χ4v) is 3.46. The lowest BCUT2D eigenvalue weighted by atomic mass is 9.83. The predicted octanol–water partition coefficient (Wildman–Crippen LogP) is 3.91. The van der Waals surface area contributed by atoms with Crippen molar-refractivity contribution in [3.05, 3.63) is 46.3 Å². The fourth-order valence-electron chi connectivity index (χ4n) is 3.28. The quantitative estimate of drug-likeness (QED) is 0.719. The van der Waals surface area contributed by atoms with Gasteiger partial charge in [0.05, 0.1) is 5.56 Å². The fraction of sp³-hybridized carbons (Fsp3) is 0.438. The van der Waals surface area contributed by atoms with Gasteiger partial charge in [0.1, 0.15) is 5.82 Å². The topological polar surface area (TPSA) is 20.3 Å². The highest BCUT2D eigenvalue weighted by Crippen LogP contribution is 2.36. The van der Waals surface area contributed by atoms with Gasteiger partial charge in [-0.15, -0.1) is 0 Å². The molecule has 4 heteroatoms. The van der Waals surface area contributed by atoms with E-state index < -0.39 is 5.82 Å². The molecule has 2 aliphatic rings. The van der Waals surface area contributed by atoms with Gasteiger partial charge in [-0.2, -0.15) is 0 Å². The Hall–Kier alpha value is -1.35. The number of hydrogen-bond donors (Lipinski definition) is 0. The van der Waals surface area contributed by atoms with E-state index in [1.165, 1.54) is 23.8 Å². The Morgan fingerprint density at radius 3 is 2.90 bits per heavy atom. The standard InChI is InChI=1S/C16H17ClFNO/c1-10-2-3-11-8-19(9-12(11)6-10)16(20)14-7-13(17)4-5-15(14)18/h2,4-5,7,11-12H,3,6,8-9H2,1H3/t11-,12+/m1/s1. The number of benzene rings is 1. The first-order valence-electron chi connectivity index (χ1n) is 6.94. The number of likely N-dealkylation sites (tertiary alicyclic amines) is 1. The maximum Gasteiger partial charge on any atom is 0.256 e. The summed E-state index contributed by atoms with van der Waals surface area (Å²) in [4.78, 5) is 14.2. The second kappa shape index (κ2) is 5.21. The van der Waals surface area contributed by atoms with E-state index in [9.17, 15) is 9.18 Å². The van der Waals surface area contributed by atoms with E-state index in [1.807, 2.05) is 0 Å². The summed E-state index contributed by atoms with van der Waals surface area (Å²) in [5.74, 6) is 0.303. The van der Waals surface area contributed by atoms with Gasteiger partial charge in [0.15, 0.2) is 0 Å². The first-order chi connectivity index (χ1) is 9.54. The molecule has 2 nitrogen and oxygen atoms in total. The van der Waals surface area contributed by atoms with Crippen LogP contribution < -0.4 is 0 Å². The highest BCUT2D eigenvalue weighted by Gasteiger charge is 2.37. The summed E-state index contributed by atoms with van der Waals surface area (Å²) >= 11 is 5.86. The lowest BCUT2D eigenvalue weighted by Gasteiger charge is -2.21. The second-order valence-electron chi connectivity index (χ2n) is 5.84. The summed E-state index contributed by atoms with van der Waals surface area (Å²) in [6, 6.07) is 4.14. The Balaban J connectivity index is 1.78. The van der Waals surface area contributed by atoms with Crippen LogP contribution in [0.2, 0.25) is 5.02 Å². The van der Waals surface area contributed by atoms with Gasteiger partial charge in [0.25, 0.3) is 5.91 Å². The average Bonchev–Trinajstić information content (AvgIpc) is 2.83. The molecule has 1 aliphatic heterocycles. The van der Waals surface area contributed by atoms with Crippen LogP contribution >= 0.6 is 11.6 Å². The van der Waals surface area contributed by atoms with Crippen LogP contribution in [0.1, 0.15) is 30.1 Å². The Morgan fingerprint density at radius 2 is 2.10 bits per heavy atom. The Morgan fingerprint density at radius 1 is 1.35 bits per heavy atom. The van der Waals surface area contributed by atoms with Crippen molar-refractivity contribution in [2.75, 3.05) is 13.1 Å². The summed E-state index contributed by atoms with van der Waals surface area (Å²) in [6.45, 7) is 3.58. The van der Waals surface area contributed by atoms with Gasteiger partial charge in [0, 0.05) is 18.1 Å². The number of halogens is 2. The first kappa shape index (κ1) is 13.6. The van der Waals surface area contributed by atoms with E-state index in [-0.39, 0.29) is 11.5 Å². The summed E-state index contributed by atoms with van der Waals surface area (Å²) in [7, 11) is 0. The van der Waals surface area contributed by atoms with E-state index in [0.29, 0.717) is 16.9 Å². The molecule has 0 saturated carbocycles. The number of rotatable bonds is 1. The van der Waals surface area contributed by atoms with Crippen molar-refractivity contribution in [3.8, 4) is 0 Å². The van der Waals surface area contributed by atoms with E-state index in [0.717, 1.165) is 25.9 Å². The third kappa shape index (κ3) is 2.47. The monoisotopic (exact) mass is 293 g/mol. The Kier molecular flexibility index (Phi) is 3.55. The van der Waals surface area contributed by atoms with Crippen molar-refractivity contribution in [1.29, 1.82) is 0 Å². The largest absolute Gasteiger partial charge is 0.338 e. The maximum absolute atomic E-state index is 13.8. The summed E-state index contributed by atoms with van der Waals surface area (Å²) in [5, 5.41) is 0.392. The van der Waals surface area contributed by atoms with Crippen molar-refractivity contribution in [1.82, 2.24) is 4.90 Å². The molecule has 1 heterocycles. The molecule has 1 aromatic rings. The summed E-state index contributed by atoms with van der Waals surface area (Å²) < 4.78 is 13.8. The normalized spacial score (nSPS) is 25.4. The van der Waals surface area contributed by atoms with Crippen LogP contribution in [0.5, 0.6) is 0 Å². The van der Waals surface area contributed by atoms with Gasteiger partial charge in [-0.05, 0) is 49.8 Å². The van der Waals surface area contributed by atoms with Crippen molar-refractivity contribution in [3.63, 3.8) is 0 Å². The molecule has 0 bridgehead atoms. The molecule has 1 amide bonds. The third-order valence-electron chi connectivity index (χ3n) is 4.38. The molecule has 1 aromatic carbocycles. The maximum atomic E-state index is 13.8. The smallest absolute Gasteiger partial charge is 0.256 e. The second-order valence-corrected chi connectivity index (χ2v) is 6.28. The van der Waals surface area contributed by atoms with Gasteiger partial charge >= 0.3 is 0 Å². The van der Waals surface area contributed by atoms with Crippen LogP contribution in [0, 0.1) is 17.7 Å². The number of allylic oxidation sites excluding steroid dienone is 2. The van der Waals surface area contributed by atoms with Crippen molar-refractivity contribution >= 4 is 17.5 Å². The molecule has 0 unspecified atom stereocenters. The van der Waals surface area contributed by atoms with Gasteiger partial charge in [-0.1, -0.05) is 23.3 Å². The minimum atomic E-state index is -0.497. The zero-order valence-corrected chi connectivity index (χ0v) is 12.2. The van der Waals surface area contributed by atoms with Crippen LogP contribution in [-0.2, 0) is 0 Å². The molecule has 0 N–H and O–H groups in total. The predicted molar refractivity (Wildman–Crippen MR) is 77.3 cm³/mol. The highest BCUT2D eigenvalue weighted by molar-refractivity contribution is 6.31. The Labute approximate surface area is 123 Å². The van der Waals surface area contributed by atoms with E-state index in [2.05, 4.69) is 13.0 Å². The number of carbonyl (C=O) groups excluding carboxylic acids is 1.